The molecule has 4 aromatic carbocycles. The van der Waals surface area contributed by atoms with E-state index in [0.717, 1.165) is 16.1 Å². The number of rotatable bonds is 13. The van der Waals surface area contributed by atoms with E-state index in [-0.39, 0.29) is 30.6 Å². The largest absolute Gasteiger partial charge is 0.457 e. The lowest BCUT2D eigenvalue weighted by Gasteiger charge is -2.34. The molecule has 236 valence electrons. The normalized spacial score (nSPS) is 12.0. The lowest BCUT2D eigenvalue weighted by Crippen LogP contribution is -2.54. The highest BCUT2D eigenvalue weighted by molar-refractivity contribution is 7.92. The van der Waals surface area contributed by atoms with Gasteiger partial charge < -0.3 is 15.0 Å². The van der Waals surface area contributed by atoms with Gasteiger partial charge in [-0.1, -0.05) is 77.8 Å². The van der Waals surface area contributed by atoms with Gasteiger partial charge in [-0.15, -0.1) is 0 Å². The van der Waals surface area contributed by atoms with Crippen LogP contribution >= 0.6 is 23.2 Å². The number of hydrogen-bond acceptors (Lipinski definition) is 5. The van der Waals surface area contributed by atoms with Crippen LogP contribution in [-0.2, 0) is 32.6 Å². The van der Waals surface area contributed by atoms with E-state index in [9.17, 15) is 18.0 Å². The number of anilines is 1. The first-order valence-electron chi connectivity index (χ1n) is 14.3. The molecule has 0 heterocycles. The summed E-state index contributed by atoms with van der Waals surface area (Å²) in [5, 5.41) is 3.65. The Balaban J connectivity index is 1.70. The van der Waals surface area contributed by atoms with Crippen molar-refractivity contribution in [3.05, 3.63) is 124 Å². The maximum absolute atomic E-state index is 14.2. The van der Waals surface area contributed by atoms with Crippen molar-refractivity contribution in [3.63, 3.8) is 0 Å². The minimum absolute atomic E-state index is 0.0562. The Morgan fingerprint density at radius 2 is 1.44 bits per heavy atom. The molecule has 11 heteroatoms. The third kappa shape index (κ3) is 9.72. The zero-order valence-corrected chi connectivity index (χ0v) is 27.5. The molecule has 0 aliphatic rings. The zero-order valence-electron chi connectivity index (χ0n) is 25.2. The third-order valence-electron chi connectivity index (χ3n) is 6.84. The molecule has 0 aromatic heterocycles. The third-order valence-corrected chi connectivity index (χ3v) is 8.57. The van der Waals surface area contributed by atoms with Crippen LogP contribution in [0.3, 0.4) is 0 Å². The fourth-order valence-electron chi connectivity index (χ4n) is 4.69. The van der Waals surface area contributed by atoms with Gasteiger partial charge in [0.05, 0.1) is 11.9 Å². The van der Waals surface area contributed by atoms with Gasteiger partial charge in [0.15, 0.2) is 0 Å². The summed E-state index contributed by atoms with van der Waals surface area (Å²) in [5.74, 6) is 0.162. The fraction of sp³-hybridized carbons (Fsp3) is 0.235. The number of ether oxygens (including phenoxy) is 1. The van der Waals surface area contributed by atoms with E-state index in [2.05, 4.69) is 5.32 Å². The van der Waals surface area contributed by atoms with Crippen molar-refractivity contribution in [2.24, 2.45) is 0 Å². The van der Waals surface area contributed by atoms with Crippen LogP contribution < -0.4 is 14.4 Å². The van der Waals surface area contributed by atoms with Crippen LogP contribution in [0.25, 0.3) is 0 Å². The first kappa shape index (κ1) is 33.8. The predicted molar refractivity (Wildman–Crippen MR) is 179 cm³/mol. The monoisotopic (exact) mass is 667 g/mol. The van der Waals surface area contributed by atoms with Crippen LogP contribution in [0.1, 0.15) is 25.0 Å². The molecule has 0 aliphatic heterocycles. The molecular formula is C34H35Cl2N3O5S. The first-order valence-corrected chi connectivity index (χ1v) is 16.9. The van der Waals surface area contributed by atoms with Gasteiger partial charge >= 0.3 is 0 Å². The first-order chi connectivity index (χ1) is 21.4. The molecule has 2 amide bonds. The second-order valence-corrected chi connectivity index (χ2v) is 13.6. The number of benzene rings is 4. The summed E-state index contributed by atoms with van der Waals surface area (Å²) in [6.07, 6.45) is 1.22. The van der Waals surface area contributed by atoms with Crippen LogP contribution in [0.15, 0.2) is 103 Å². The van der Waals surface area contributed by atoms with Gasteiger partial charge in [0.2, 0.25) is 21.8 Å². The standard InChI is InChI=1S/C34H35Cl2N3O5S/c1-24(2)37-34(41)32(20-25-10-6-4-7-11-25)38(22-26-14-15-27(35)21-31(26)36)33(40)23-39(45(3,42)43)28-16-18-30(19-17-28)44-29-12-8-5-9-13-29/h4-19,21,24,32H,20,22-23H2,1-3H3,(H,37,41)/t32-/m1/s1. The predicted octanol–water partition coefficient (Wildman–Crippen LogP) is 6.72. The zero-order chi connectivity index (χ0) is 32.6. The number of nitrogens with one attached hydrogen (secondary N) is 1. The molecule has 4 aromatic rings. The van der Waals surface area contributed by atoms with Crippen molar-refractivity contribution in [1.29, 1.82) is 0 Å². The Kier molecular flexibility index (Phi) is 11.5. The Hall–Kier alpha value is -4.05. The van der Waals surface area contributed by atoms with Gasteiger partial charge in [-0.2, -0.15) is 0 Å². The molecule has 0 spiro atoms. The van der Waals surface area contributed by atoms with Crippen LogP contribution in [0.2, 0.25) is 10.0 Å². The maximum atomic E-state index is 14.2. The number of hydrogen-bond donors (Lipinski definition) is 1. The molecule has 0 bridgehead atoms. The Morgan fingerprint density at radius 1 is 0.844 bits per heavy atom. The maximum Gasteiger partial charge on any atom is 0.244 e. The quantitative estimate of drug-likeness (QED) is 0.171. The Labute approximate surface area is 274 Å². The van der Waals surface area contributed by atoms with Gasteiger partial charge in [0, 0.05) is 29.1 Å². The van der Waals surface area contributed by atoms with E-state index < -0.39 is 28.5 Å². The molecule has 8 nitrogen and oxygen atoms in total. The van der Waals surface area contributed by atoms with Crippen molar-refractivity contribution < 1.29 is 22.7 Å². The van der Waals surface area contributed by atoms with Gasteiger partial charge in [-0.25, -0.2) is 8.42 Å². The number of carbonyl (C=O) groups is 2. The summed E-state index contributed by atoms with van der Waals surface area (Å²) in [4.78, 5) is 29.3. The number of para-hydroxylation sites is 1. The molecule has 1 N–H and O–H groups in total. The summed E-state index contributed by atoms with van der Waals surface area (Å²) in [6.45, 7) is 3.05. The molecule has 0 radical (unpaired) electrons. The minimum atomic E-state index is -3.93. The lowest BCUT2D eigenvalue weighted by molar-refractivity contribution is -0.140. The molecule has 0 unspecified atom stereocenters. The van der Waals surface area contributed by atoms with E-state index in [1.54, 1.807) is 54.6 Å². The fourth-order valence-corrected chi connectivity index (χ4v) is 6.00. The Bertz CT molecular complexity index is 1700. The summed E-state index contributed by atoms with van der Waals surface area (Å²) < 4.78 is 33.0. The average molecular weight is 669 g/mol. The van der Waals surface area contributed by atoms with Crippen LogP contribution in [-0.4, -0.2) is 50.0 Å². The van der Waals surface area contributed by atoms with E-state index in [0.29, 0.717) is 27.1 Å². The minimum Gasteiger partial charge on any atom is -0.457 e. The number of halogens is 2. The molecule has 45 heavy (non-hydrogen) atoms. The lowest BCUT2D eigenvalue weighted by atomic mass is 10.0. The van der Waals surface area contributed by atoms with Crippen molar-refractivity contribution >= 4 is 50.7 Å². The molecule has 0 fully saturated rings. The van der Waals surface area contributed by atoms with Gasteiger partial charge in [0.1, 0.15) is 24.1 Å². The second-order valence-electron chi connectivity index (χ2n) is 10.8. The van der Waals surface area contributed by atoms with Gasteiger partial charge in [-0.05, 0) is 73.5 Å². The molecule has 1 atom stereocenters. The van der Waals surface area contributed by atoms with Crippen molar-refractivity contribution in [2.45, 2.75) is 38.9 Å². The number of nitrogens with zero attached hydrogens (tertiary/aromatic N) is 2. The summed E-state index contributed by atoms with van der Waals surface area (Å²) >= 11 is 12.6. The highest BCUT2D eigenvalue weighted by atomic mass is 35.5. The SMILES string of the molecule is CC(C)NC(=O)[C@@H](Cc1ccccc1)N(Cc1ccc(Cl)cc1Cl)C(=O)CN(c1ccc(Oc2ccccc2)cc1)S(C)(=O)=O. The molecule has 0 aliphatic carbocycles. The molecule has 4 rings (SSSR count). The second kappa shape index (κ2) is 15.3. The molecule has 0 saturated heterocycles. The van der Waals surface area contributed by atoms with Crippen molar-refractivity contribution in [3.8, 4) is 11.5 Å². The molecule has 0 saturated carbocycles. The number of sulfonamides is 1. The van der Waals surface area contributed by atoms with E-state index >= 15 is 0 Å². The van der Waals surface area contributed by atoms with Crippen LogP contribution in [0.4, 0.5) is 5.69 Å². The summed E-state index contributed by atoms with van der Waals surface area (Å²) in [7, 11) is -3.93. The average Bonchev–Trinajstić information content (AvgIpc) is 2.99. The highest BCUT2D eigenvalue weighted by Crippen LogP contribution is 2.27. The van der Waals surface area contributed by atoms with Crippen LogP contribution in [0, 0.1) is 0 Å². The van der Waals surface area contributed by atoms with Crippen molar-refractivity contribution in [2.75, 3.05) is 17.1 Å². The van der Waals surface area contributed by atoms with E-state index in [1.165, 1.54) is 4.90 Å². The van der Waals surface area contributed by atoms with Gasteiger partial charge in [0.25, 0.3) is 0 Å². The Morgan fingerprint density at radius 3 is 2.02 bits per heavy atom. The number of carbonyl (C=O) groups excluding carboxylic acids is 2. The van der Waals surface area contributed by atoms with Crippen molar-refractivity contribution in [1.82, 2.24) is 10.2 Å². The number of amides is 2. The highest BCUT2D eigenvalue weighted by Gasteiger charge is 2.33. The molecular weight excluding hydrogens is 633 g/mol. The van der Waals surface area contributed by atoms with Gasteiger partial charge in [-0.3, -0.25) is 13.9 Å². The summed E-state index contributed by atoms with van der Waals surface area (Å²) in [6, 6.07) is 28.6. The summed E-state index contributed by atoms with van der Waals surface area (Å²) in [5.41, 5.74) is 1.65. The topological polar surface area (TPSA) is 96.0 Å². The van der Waals surface area contributed by atoms with E-state index in [1.807, 2.05) is 62.4 Å². The smallest absolute Gasteiger partial charge is 0.244 e. The van der Waals surface area contributed by atoms with E-state index in [4.69, 9.17) is 27.9 Å². The van der Waals surface area contributed by atoms with Crippen LogP contribution in [0.5, 0.6) is 11.5 Å².